The number of halogens is 1. The fraction of sp³-hybridized carbons (Fsp3) is 0.357. The van der Waals surface area contributed by atoms with Crippen molar-refractivity contribution in [3.8, 4) is 0 Å². The van der Waals surface area contributed by atoms with E-state index in [9.17, 15) is 14.4 Å². The number of carbonyl (C=O) groups excluding carboxylic acids is 3. The van der Waals surface area contributed by atoms with Crippen LogP contribution in [0.1, 0.15) is 24.2 Å². The molecule has 1 aliphatic rings. The van der Waals surface area contributed by atoms with Crippen LogP contribution in [0.3, 0.4) is 0 Å². The molecule has 1 aliphatic heterocycles. The van der Waals surface area contributed by atoms with Crippen molar-refractivity contribution in [1.29, 1.82) is 0 Å². The van der Waals surface area contributed by atoms with Gasteiger partial charge in [0.1, 0.15) is 12.6 Å². The van der Waals surface area contributed by atoms with Crippen molar-refractivity contribution in [2.24, 2.45) is 0 Å². The number of rotatable bonds is 3. The summed E-state index contributed by atoms with van der Waals surface area (Å²) in [4.78, 5) is 37.0. The highest BCUT2D eigenvalue weighted by molar-refractivity contribution is 6.31. The van der Waals surface area contributed by atoms with Gasteiger partial charge < -0.3 is 10.2 Å². The monoisotopic (exact) mass is 309 g/mol. The molecule has 112 valence electrons. The van der Waals surface area contributed by atoms with E-state index in [4.69, 9.17) is 11.6 Å². The van der Waals surface area contributed by atoms with Crippen LogP contribution in [0.25, 0.3) is 0 Å². The van der Waals surface area contributed by atoms with Gasteiger partial charge in [0.2, 0.25) is 11.8 Å². The highest BCUT2D eigenvalue weighted by atomic mass is 35.5. The predicted molar refractivity (Wildman–Crippen MR) is 79.3 cm³/mol. The van der Waals surface area contributed by atoms with E-state index in [-0.39, 0.29) is 6.54 Å². The summed E-state index contributed by atoms with van der Waals surface area (Å²) in [7, 11) is 0. The number of piperazine rings is 1. The summed E-state index contributed by atoms with van der Waals surface area (Å²) in [6.45, 7) is 3.97. The lowest BCUT2D eigenvalue weighted by molar-refractivity contribution is -0.138. The van der Waals surface area contributed by atoms with E-state index in [0.29, 0.717) is 22.8 Å². The van der Waals surface area contributed by atoms with E-state index in [1.54, 1.807) is 19.1 Å². The number of hydrogen-bond acceptors (Lipinski definition) is 4. The van der Waals surface area contributed by atoms with Gasteiger partial charge in [0.05, 0.1) is 5.56 Å². The molecule has 0 aliphatic carbocycles. The van der Waals surface area contributed by atoms with Gasteiger partial charge in [-0.15, -0.1) is 0 Å². The van der Waals surface area contributed by atoms with Crippen LogP contribution in [-0.4, -0.2) is 41.8 Å². The van der Waals surface area contributed by atoms with Crippen LogP contribution >= 0.6 is 11.6 Å². The molecule has 1 saturated heterocycles. The number of hydrogen-bond donors (Lipinski definition) is 2. The first-order valence-corrected chi connectivity index (χ1v) is 7.00. The maximum atomic E-state index is 12.6. The van der Waals surface area contributed by atoms with E-state index in [1.807, 2.05) is 6.92 Å². The molecule has 2 N–H and O–H groups in total. The van der Waals surface area contributed by atoms with Gasteiger partial charge in [-0.2, -0.15) is 0 Å². The molecule has 0 bridgehead atoms. The smallest absolute Gasteiger partial charge is 0.257 e. The topological polar surface area (TPSA) is 78.5 Å². The normalized spacial score (nSPS) is 18.4. The number of carbonyl (C=O) groups is 3. The first kappa shape index (κ1) is 15.3. The van der Waals surface area contributed by atoms with Crippen LogP contribution in [0.15, 0.2) is 18.2 Å². The summed E-state index contributed by atoms with van der Waals surface area (Å²) in [6.07, 6.45) is 0. The van der Waals surface area contributed by atoms with Gasteiger partial charge >= 0.3 is 0 Å². The molecular formula is C14H16ClN3O3. The molecule has 2 rings (SSSR count). The fourth-order valence-electron chi connectivity index (χ4n) is 2.15. The van der Waals surface area contributed by atoms with E-state index >= 15 is 0 Å². The zero-order valence-corrected chi connectivity index (χ0v) is 12.5. The van der Waals surface area contributed by atoms with Crippen LogP contribution in [0, 0.1) is 0 Å². The number of amides is 3. The molecule has 0 spiro atoms. The van der Waals surface area contributed by atoms with Crippen LogP contribution in [-0.2, 0) is 9.59 Å². The van der Waals surface area contributed by atoms with Crippen molar-refractivity contribution >= 4 is 35.0 Å². The minimum absolute atomic E-state index is 0.149. The Kier molecular flexibility index (Phi) is 4.47. The number of anilines is 1. The Bertz CT molecular complexity index is 603. The molecule has 0 radical (unpaired) electrons. The first-order valence-electron chi connectivity index (χ1n) is 6.62. The quantitative estimate of drug-likeness (QED) is 0.824. The average molecular weight is 310 g/mol. The van der Waals surface area contributed by atoms with Gasteiger partial charge in [-0.25, -0.2) is 0 Å². The molecule has 1 fully saturated rings. The van der Waals surface area contributed by atoms with Gasteiger partial charge in [0, 0.05) is 17.3 Å². The van der Waals surface area contributed by atoms with Gasteiger partial charge in [-0.05, 0) is 32.0 Å². The number of nitrogens with zero attached hydrogens (tertiary/aromatic N) is 1. The minimum Gasteiger partial charge on any atom is -0.385 e. The van der Waals surface area contributed by atoms with Crippen molar-refractivity contribution < 1.29 is 14.4 Å². The molecule has 1 heterocycles. The molecule has 1 aromatic carbocycles. The second-order valence-electron chi connectivity index (χ2n) is 4.74. The maximum absolute atomic E-state index is 12.6. The van der Waals surface area contributed by atoms with E-state index in [1.165, 1.54) is 11.0 Å². The third-order valence-corrected chi connectivity index (χ3v) is 3.50. The molecule has 6 nitrogen and oxygen atoms in total. The Morgan fingerprint density at radius 2 is 2.19 bits per heavy atom. The molecule has 3 amide bonds. The lowest BCUT2D eigenvalue weighted by atomic mass is 10.1. The largest absolute Gasteiger partial charge is 0.385 e. The number of nitrogens with one attached hydrogen (secondary N) is 2. The van der Waals surface area contributed by atoms with Gasteiger partial charge in [-0.1, -0.05) is 11.6 Å². The van der Waals surface area contributed by atoms with Crippen LogP contribution in [0.5, 0.6) is 0 Å². The van der Waals surface area contributed by atoms with Crippen molar-refractivity contribution in [3.05, 3.63) is 28.8 Å². The Hall–Kier alpha value is -2.08. The standard InChI is InChI=1S/C14H16ClN3O3/c1-3-16-11-5-4-9(15)6-10(11)14(21)18-7-12(19)17-13(20)8(18)2/h4-6,8,16H,3,7H2,1-2H3,(H,17,19,20). The van der Waals surface area contributed by atoms with Crippen molar-refractivity contribution in [2.75, 3.05) is 18.4 Å². The molecular weight excluding hydrogens is 294 g/mol. The van der Waals surface area contributed by atoms with Crippen LogP contribution in [0.2, 0.25) is 5.02 Å². The second kappa shape index (κ2) is 6.13. The molecule has 21 heavy (non-hydrogen) atoms. The summed E-state index contributed by atoms with van der Waals surface area (Å²) in [5.74, 6) is -1.37. The summed E-state index contributed by atoms with van der Waals surface area (Å²) >= 11 is 5.95. The molecule has 1 atom stereocenters. The molecule has 0 aromatic heterocycles. The summed E-state index contributed by atoms with van der Waals surface area (Å²) < 4.78 is 0. The Balaban J connectivity index is 2.36. The zero-order chi connectivity index (χ0) is 15.6. The molecule has 1 aromatic rings. The highest BCUT2D eigenvalue weighted by Gasteiger charge is 2.34. The Morgan fingerprint density at radius 1 is 1.48 bits per heavy atom. The van der Waals surface area contributed by atoms with E-state index in [0.717, 1.165) is 0 Å². The van der Waals surface area contributed by atoms with Crippen molar-refractivity contribution in [1.82, 2.24) is 10.2 Å². The molecule has 7 heteroatoms. The van der Waals surface area contributed by atoms with Crippen LogP contribution < -0.4 is 10.6 Å². The number of imide groups is 1. The summed E-state index contributed by atoms with van der Waals surface area (Å²) in [6, 6.07) is 4.21. The average Bonchev–Trinajstić information content (AvgIpc) is 2.44. The lowest BCUT2D eigenvalue weighted by Gasteiger charge is -2.32. The first-order chi connectivity index (χ1) is 9.93. The third kappa shape index (κ3) is 3.16. The molecule has 0 saturated carbocycles. The second-order valence-corrected chi connectivity index (χ2v) is 5.18. The van der Waals surface area contributed by atoms with Gasteiger partial charge in [0.15, 0.2) is 0 Å². The maximum Gasteiger partial charge on any atom is 0.257 e. The Morgan fingerprint density at radius 3 is 2.86 bits per heavy atom. The fourth-order valence-corrected chi connectivity index (χ4v) is 2.33. The predicted octanol–water partition coefficient (Wildman–Crippen LogP) is 1.26. The van der Waals surface area contributed by atoms with E-state index < -0.39 is 23.8 Å². The summed E-state index contributed by atoms with van der Waals surface area (Å²) in [5, 5.41) is 5.69. The SMILES string of the molecule is CCNc1ccc(Cl)cc1C(=O)N1CC(=O)NC(=O)C1C. The van der Waals surface area contributed by atoms with Crippen molar-refractivity contribution in [2.45, 2.75) is 19.9 Å². The lowest BCUT2D eigenvalue weighted by Crippen LogP contribution is -2.58. The van der Waals surface area contributed by atoms with Gasteiger partial charge in [0.25, 0.3) is 5.91 Å². The van der Waals surface area contributed by atoms with Crippen LogP contribution in [0.4, 0.5) is 5.69 Å². The Labute approximate surface area is 127 Å². The zero-order valence-electron chi connectivity index (χ0n) is 11.8. The summed E-state index contributed by atoms with van der Waals surface area (Å²) in [5.41, 5.74) is 0.969. The van der Waals surface area contributed by atoms with Crippen molar-refractivity contribution in [3.63, 3.8) is 0 Å². The molecule has 1 unspecified atom stereocenters. The van der Waals surface area contributed by atoms with Gasteiger partial charge in [-0.3, -0.25) is 19.7 Å². The third-order valence-electron chi connectivity index (χ3n) is 3.26. The number of benzene rings is 1. The highest BCUT2D eigenvalue weighted by Crippen LogP contribution is 2.23. The minimum atomic E-state index is -0.705. The van der Waals surface area contributed by atoms with E-state index in [2.05, 4.69) is 10.6 Å².